The Morgan fingerprint density at radius 2 is 1.53 bits per heavy atom. The van der Waals surface area contributed by atoms with Gasteiger partial charge in [0.25, 0.3) is 0 Å². The Labute approximate surface area is 251 Å². The summed E-state index contributed by atoms with van der Waals surface area (Å²) in [4.78, 5) is 39.7. The van der Waals surface area contributed by atoms with Crippen LogP contribution in [-0.2, 0) is 21.4 Å². The van der Waals surface area contributed by atoms with Crippen LogP contribution < -0.4 is 9.47 Å². The fourth-order valence-corrected chi connectivity index (χ4v) is 5.23. The van der Waals surface area contributed by atoms with Gasteiger partial charge in [0.1, 0.15) is 23.1 Å². The van der Waals surface area contributed by atoms with Crippen molar-refractivity contribution in [2.24, 2.45) is 5.92 Å². The van der Waals surface area contributed by atoms with E-state index in [2.05, 4.69) is 13.8 Å². The van der Waals surface area contributed by atoms with E-state index in [1.54, 1.807) is 43.0 Å². The molecule has 2 N–H and O–H groups in total. The lowest BCUT2D eigenvalue weighted by Gasteiger charge is -2.39. The molecule has 43 heavy (non-hydrogen) atoms. The van der Waals surface area contributed by atoms with Crippen molar-refractivity contribution in [1.29, 1.82) is 0 Å². The van der Waals surface area contributed by atoms with Crippen LogP contribution in [0.4, 0.5) is 4.39 Å². The molecule has 1 heterocycles. The van der Waals surface area contributed by atoms with E-state index >= 15 is 0 Å². The topological polar surface area (TPSA) is 113 Å². The highest BCUT2D eigenvalue weighted by Gasteiger charge is 2.34. The lowest BCUT2D eigenvalue weighted by atomic mass is 9.84. The van der Waals surface area contributed by atoms with E-state index in [0.29, 0.717) is 55.1 Å². The molecule has 8 nitrogen and oxygen atoms in total. The van der Waals surface area contributed by atoms with Crippen molar-refractivity contribution < 1.29 is 38.5 Å². The minimum Gasteiger partial charge on any atom is -0.481 e. The summed E-state index contributed by atoms with van der Waals surface area (Å²) in [7, 11) is 0. The highest BCUT2D eigenvalue weighted by molar-refractivity contribution is 5.92. The molecule has 0 aromatic heterocycles. The molecule has 0 radical (unpaired) electrons. The van der Waals surface area contributed by atoms with Crippen molar-refractivity contribution in [3.8, 4) is 17.2 Å². The number of aliphatic carboxylic acids is 1. The molecule has 228 valence electrons. The SMILES string of the molecule is CC(C)CC1(O)CCN(C(=O)Cc2cc(Oc3ccc(F)cc3)cc(C(=O)Oc3ccc(C(C)(C)C(=O)O)cc3)c2)CC1. The molecule has 0 unspecified atom stereocenters. The highest BCUT2D eigenvalue weighted by Crippen LogP contribution is 2.31. The van der Waals surface area contributed by atoms with E-state index in [9.17, 15) is 29.0 Å². The van der Waals surface area contributed by atoms with Crippen LogP contribution in [0.5, 0.6) is 17.2 Å². The number of carboxylic acid groups (broad SMARTS) is 1. The van der Waals surface area contributed by atoms with E-state index in [-0.39, 0.29) is 29.4 Å². The van der Waals surface area contributed by atoms with Gasteiger partial charge in [0.2, 0.25) is 5.91 Å². The van der Waals surface area contributed by atoms with E-state index in [4.69, 9.17) is 9.47 Å². The summed E-state index contributed by atoms with van der Waals surface area (Å²) in [6.45, 7) is 8.18. The van der Waals surface area contributed by atoms with Crippen LogP contribution in [0, 0.1) is 11.7 Å². The number of ether oxygens (including phenoxy) is 2. The molecule has 3 aromatic rings. The minimum absolute atomic E-state index is 0.00246. The molecule has 0 aliphatic carbocycles. The number of esters is 1. The third-order valence-corrected chi connectivity index (χ3v) is 7.76. The average Bonchev–Trinajstić information content (AvgIpc) is 2.94. The number of rotatable bonds is 10. The first-order valence-corrected chi connectivity index (χ1v) is 14.4. The number of nitrogens with zero attached hydrogens (tertiary/aromatic N) is 1. The summed E-state index contributed by atoms with van der Waals surface area (Å²) in [5.41, 5.74) is -0.666. The maximum Gasteiger partial charge on any atom is 0.343 e. The summed E-state index contributed by atoms with van der Waals surface area (Å²) in [5, 5.41) is 20.3. The molecule has 0 bridgehead atoms. The Morgan fingerprint density at radius 1 is 0.930 bits per heavy atom. The maximum atomic E-state index is 13.4. The van der Waals surface area contributed by atoms with Gasteiger partial charge in [-0.25, -0.2) is 9.18 Å². The molecular formula is C34H38FNO7. The van der Waals surface area contributed by atoms with Gasteiger partial charge in [-0.05, 0) is 105 Å². The van der Waals surface area contributed by atoms with Crippen LogP contribution in [0.3, 0.4) is 0 Å². The summed E-state index contributed by atoms with van der Waals surface area (Å²) >= 11 is 0. The Bertz CT molecular complexity index is 1460. The summed E-state index contributed by atoms with van der Waals surface area (Å²) in [6.07, 6.45) is 1.70. The summed E-state index contributed by atoms with van der Waals surface area (Å²) in [6, 6.07) is 16.4. The van der Waals surface area contributed by atoms with E-state index in [1.165, 1.54) is 42.5 Å². The molecular weight excluding hydrogens is 553 g/mol. The van der Waals surface area contributed by atoms with Crippen molar-refractivity contribution in [2.45, 2.75) is 64.4 Å². The molecule has 9 heteroatoms. The first-order chi connectivity index (χ1) is 20.2. The van der Waals surface area contributed by atoms with Gasteiger partial charge >= 0.3 is 11.9 Å². The van der Waals surface area contributed by atoms with Crippen LogP contribution in [-0.4, -0.2) is 51.6 Å². The van der Waals surface area contributed by atoms with Gasteiger partial charge in [0, 0.05) is 13.1 Å². The van der Waals surface area contributed by atoms with Crippen LogP contribution in [0.15, 0.2) is 66.7 Å². The van der Waals surface area contributed by atoms with Gasteiger partial charge in [0.15, 0.2) is 0 Å². The second kappa shape index (κ2) is 13.0. The van der Waals surface area contributed by atoms with E-state index in [0.717, 1.165) is 0 Å². The number of piperidine rings is 1. The Hall–Kier alpha value is -4.24. The van der Waals surface area contributed by atoms with Crippen LogP contribution >= 0.6 is 0 Å². The molecule has 0 spiro atoms. The molecule has 1 saturated heterocycles. The van der Waals surface area contributed by atoms with E-state index in [1.807, 2.05) is 0 Å². The standard InChI is InChI=1S/C34H38FNO7/c1-22(2)21-34(41)13-15-36(16-14-34)30(37)19-23-17-24(20-29(18-23)42-27-11-7-26(35)8-12-27)31(38)43-28-9-5-25(6-10-28)33(3,4)32(39)40/h5-12,17-18,20,22,41H,13-16,19,21H2,1-4H3,(H,39,40). The number of hydrogen-bond donors (Lipinski definition) is 2. The van der Waals surface area contributed by atoms with Gasteiger partial charge in [0.05, 0.1) is 23.0 Å². The highest BCUT2D eigenvalue weighted by atomic mass is 19.1. The smallest absolute Gasteiger partial charge is 0.343 e. The number of likely N-dealkylation sites (tertiary alicyclic amines) is 1. The largest absolute Gasteiger partial charge is 0.481 e. The normalized spacial score (nSPS) is 14.8. The Balaban J connectivity index is 1.53. The molecule has 1 fully saturated rings. The second-order valence-electron chi connectivity index (χ2n) is 12.1. The third kappa shape index (κ3) is 8.20. The molecule has 1 aliphatic heterocycles. The van der Waals surface area contributed by atoms with Gasteiger partial charge < -0.3 is 24.6 Å². The third-order valence-electron chi connectivity index (χ3n) is 7.76. The van der Waals surface area contributed by atoms with Crippen LogP contribution in [0.2, 0.25) is 0 Å². The zero-order chi connectivity index (χ0) is 31.4. The van der Waals surface area contributed by atoms with Crippen molar-refractivity contribution in [2.75, 3.05) is 13.1 Å². The first-order valence-electron chi connectivity index (χ1n) is 14.4. The van der Waals surface area contributed by atoms with Gasteiger partial charge in [-0.1, -0.05) is 26.0 Å². The number of benzene rings is 3. The van der Waals surface area contributed by atoms with Crippen molar-refractivity contribution in [3.05, 3.63) is 89.2 Å². The Morgan fingerprint density at radius 3 is 2.12 bits per heavy atom. The molecule has 1 aliphatic rings. The fraction of sp³-hybridized carbons (Fsp3) is 0.382. The molecule has 0 atom stereocenters. The van der Waals surface area contributed by atoms with Gasteiger partial charge in [-0.15, -0.1) is 0 Å². The van der Waals surface area contributed by atoms with Crippen LogP contribution in [0.1, 0.15) is 68.4 Å². The number of carbonyl (C=O) groups is 3. The quantitative estimate of drug-likeness (QED) is 0.215. The Kier molecular flexibility index (Phi) is 9.55. The van der Waals surface area contributed by atoms with E-state index < -0.39 is 28.8 Å². The molecule has 3 aromatic carbocycles. The van der Waals surface area contributed by atoms with Crippen LogP contribution in [0.25, 0.3) is 0 Å². The van der Waals surface area contributed by atoms with Crippen molar-refractivity contribution >= 4 is 17.8 Å². The molecule has 1 amide bonds. The maximum absolute atomic E-state index is 13.4. The number of aliphatic hydroxyl groups is 1. The predicted octanol–water partition coefficient (Wildman–Crippen LogP) is 6.14. The zero-order valence-electron chi connectivity index (χ0n) is 24.9. The number of amides is 1. The van der Waals surface area contributed by atoms with Gasteiger partial charge in [-0.2, -0.15) is 0 Å². The lowest BCUT2D eigenvalue weighted by Crippen LogP contribution is -2.47. The average molecular weight is 592 g/mol. The molecule has 0 saturated carbocycles. The molecule has 4 rings (SSSR count). The zero-order valence-corrected chi connectivity index (χ0v) is 24.9. The fourth-order valence-electron chi connectivity index (χ4n) is 5.23. The van der Waals surface area contributed by atoms with Crippen molar-refractivity contribution in [3.63, 3.8) is 0 Å². The predicted molar refractivity (Wildman–Crippen MR) is 159 cm³/mol. The number of carboxylic acids is 1. The summed E-state index contributed by atoms with van der Waals surface area (Å²) < 4.78 is 24.9. The second-order valence-corrected chi connectivity index (χ2v) is 12.1. The first kappa shape index (κ1) is 31.7. The minimum atomic E-state index is -1.11. The monoisotopic (exact) mass is 591 g/mol. The number of carbonyl (C=O) groups excluding carboxylic acids is 2. The number of hydrogen-bond acceptors (Lipinski definition) is 6. The lowest BCUT2D eigenvalue weighted by molar-refractivity contribution is -0.142. The van der Waals surface area contributed by atoms with Crippen molar-refractivity contribution in [1.82, 2.24) is 4.90 Å². The van der Waals surface area contributed by atoms with Gasteiger partial charge in [-0.3, -0.25) is 9.59 Å². The summed E-state index contributed by atoms with van der Waals surface area (Å²) in [5.74, 6) is -1.04. The number of halogens is 1.